The zero-order valence-corrected chi connectivity index (χ0v) is 13.0. The maximum Gasteiger partial charge on any atom is 0.248 e. The van der Waals surface area contributed by atoms with Gasteiger partial charge in [-0.05, 0) is 18.4 Å². The second-order valence-corrected chi connectivity index (χ2v) is 6.19. The molecule has 1 aliphatic heterocycles. The number of aromatic nitrogens is 2. The fourth-order valence-electron chi connectivity index (χ4n) is 3.11. The van der Waals surface area contributed by atoms with Gasteiger partial charge >= 0.3 is 0 Å². The molecule has 6 nitrogen and oxygen atoms in total. The Bertz CT molecular complexity index is 542. The van der Waals surface area contributed by atoms with Gasteiger partial charge in [0.2, 0.25) is 11.9 Å². The van der Waals surface area contributed by atoms with Crippen LogP contribution in [0.1, 0.15) is 19.3 Å². The predicted molar refractivity (Wildman–Crippen MR) is 84.6 cm³/mol. The Labute approximate surface area is 134 Å². The molecule has 2 fully saturated rings. The zero-order valence-electron chi connectivity index (χ0n) is 13.0. The molecule has 2 heterocycles. The molecule has 1 saturated heterocycles. The van der Waals surface area contributed by atoms with Crippen molar-refractivity contribution in [3.8, 4) is 0 Å². The van der Waals surface area contributed by atoms with E-state index in [1.165, 1.54) is 0 Å². The molecule has 1 aliphatic carbocycles. The van der Waals surface area contributed by atoms with Crippen LogP contribution < -0.4 is 10.6 Å². The van der Waals surface area contributed by atoms with E-state index >= 15 is 0 Å². The number of alkyl halides is 2. The number of aliphatic imine (C=N–C) groups is 1. The van der Waals surface area contributed by atoms with E-state index in [1.54, 1.807) is 18.5 Å². The van der Waals surface area contributed by atoms with Gasteiger partial charge in [0.1, 0.15) is 0 Å². The summed E-state index contributed by atoms with van der Waals surface area (Å²) in [7, 11) is 0. The molecule has 1 aromatic heterocycles. The Kier molecular flexibility index (Phi) is 4.58. The third kappa shape index (κ3) is 4.05. The third-order valence-electron chi connectivity index (χ3n) is 4.46. The number of nitrogens with zero attached hydrogens (tertiary/aromatic N) is 5. The number of halogens is 2. The van der Waals surface area contributed by atoms with Gasteiger partial charge in [-0.1, -0.05) is 0 Å². The SMILES string of the molecule is NC(=NCC1CCC(F)(F)C1)N1CCN(c2ncccn2)CC1. The predicted octanol–water partition coefficient (Wildman–Crippen LogP) is 1.35. The summed E-state index contributed by atoms with van der Waals surface area (Å²) in [5.41, 5.74) is 6.02. The minimum absolute atomic E-state index is 0.0250. The Balaban J connectivity index is 1.48. The first-order valence-corrected chi connectivity index (χ1v) is 7.98. The Hall–Kier alpha value is -1.99. The van der Waals surface area contributed by atoms with Crippen molar-refractivity contribution in [1.29, 1.82) is 0 Å². The van der Waals surface area contributed by atoms with Crippen LogP contribution in [-0.2, 0) is 0 Å². The van der Waals surface area contributed by atoms with E-state index < -0.39 is 5.92 Å². The van der Waals surface area contributed by atoms with Gasteiger partial charge in [0.15, 0.2) is 5.96 Å². The van der Waals surface area contributed by atoms with Crippen LogP contribution >= 0.6 is 0 Å². The molecule has 1 saturated carbocycles. The van der Waals surface area contributed by atoms with E-state index in [0.29, 0.717) is 18.9 Å². The van der Waals surface area contributed by atoms with E-state index in [0.717, 1.165) is 32.1 Å². The number of guanidine groups is 1. The highest BCUT2D eigenvalue weighted by Crippen LogP contribution is 2.38. The molecule has 0 amide bonds. The van der Waals surface area contributed by atoms with Crippen molar-refractivity contribution in [2.24, 2.45) is 16.6 Å². The van der Waals surface area contributed by atoms with E-state index in [1.807, 2.05) is 4.90 Å². The molecule has 23 heavy (non-hydrogen) atoms. The quantitative estimate of drug-likeness (QED) is 0.671. The fourth-order valence-corrected chi connectivity index (χ4v) is 3.11. The molecule has 126 valence electrons. The standard InChI is InChI=1S/C15H22F2N6/c16-15(17)3-2-12(10-15)11-21-13(18)22-6-8-23(9-7-22)14-19-4-1-5-20-14/h1,4-5,12H,2-3,6-11H2,(H2,18,21). The summed E-state index contributed by atoms with van der Waals surface area (Å²) in [5, 5.41) is 0. The van der Waals surface area contributed by atoms with Gasteiger partial charge in [0.05, 0.1) is 0 Å². The van der Waals surface area contributed by atoms with Gasteiger partial charge < -0.3 is 15.5 Å². The molecule has 0 aromatic carbocycles. The smallest absolute Gasteiger partial charge is 0.248 e. The first kappa shape index (κ1) is 15.9. The van der Waals surface area contributed by atoms with Crippen LogP contribution in [0.2, 0.25) is 0 Å². The molecule has 3 rings (SSSR count). The van der Waals surface area contributed by atoms with E-state index in [2.05, 4.69) is 19.9 Å². The van der Waals surface area contributed by atoms with E-state index in [9.17, 15) is 8.78 Å². The van der Waals surface area contributed by atoms with Crippen LogP contribution in [0.5, 0.6) is 0 Å². The van der Waals surface area contributed by atoms with Gasteiger partial charge in [-0.25, -0.2) is 18.7 Å². The summed E-state index contributed by atoms with van der Waals surface area (Å²) in [4.78, 5) is 16.9. The van der Waals surface area contributed by atoms with Crippen molar-refractivity contribution in [1.82, 2.24) is 14.9 Å². The average Bonchev–Trinajstić information content (AvgIpc) is 2.93. The van der Waals surface area contributed by atoms with Crippen molar-refractivity contribution in [3.05, 3.63) is 18.5 Å². The van der Waals surface area contributed by atoms with Crippen molar-refractivity contribution in [2.75, 3.05) is 37.6 Å². The lowest BCUT2D eigenvalue weighted by Gasteiger charge is -2.35. The largest absolute Gasteiger partial charge is 0.370 e. The Morgan fingerprint density at radius 1 is 1.26 bits per heavy atom. The van der Waals surface area contributed by atoms with Gasteiger partial charge in [-0.2, -0.15) is 0 Å². The van der Waals surface area contributed by atoms with Gasteiger partial charge in [0.25, 0.3) is 0 Å². The molecular weight excluding hydrogens is 302 g/mol. The highest BCUT2D eigenvalue weighted by Gasteiger charge is 2.39. The maximum atomic E-state index is 13.2. The zero-order chi connectivity index (χ0) is 16.3. The van der Waals surface area contributed by atoms with Crippen LogP contribution in [0, 0.1) is 5.92 Å². The molecule has 8 heteroatoms. The first-order chi connectivity index (χ1) is 11.0. The normalized spacial score (nSPS) is 25.0. The van der Waals surface area contributed by atoms with Crippen molar-refractivity contribution >= 4 is 11.9 Å². The van der Waals surface area contributed by atoms with Crippen LogP contribution in [-0.4, -0.2) is 59.5 Å². The lowest BCUT2D eigenvalue weighted by Crippen LogP contribution is -2.51. The number of hydrogen-bond donors (Lipinski definition) is 1. The van der Waals surface area contributed by atoms with Crippen molar-refractivity contribution < 1.29 is 8.78 Å². The van der Waals surface area contributed by atoms with Crippen molar-refractivity contribution in [2.45, 2.75) is 25.2 Å². The molecular formula is C15H22F2N6. The van der Waals surface area contributed by atoms with Crippen molar-refractivity contribution in [3.63, 3.8) is 0 Å². The van der Waals surface area contributed by atoms with Crippen LogP contribution in [0.3, 0.4) is 0 Å². The second kappa shape index (κ2) is 6.64. The molecule has 1 atom stereocenters. The number of hydrogen-bond acceptors (Lipinski definition) is 4. The Morgan fingerprint density at radius 2 is 1.96 bits per heavy atom. The fraction of sp³-hybridized carbons (Fsp3) is 0.667. The first-order valence-electron chi connectivity index (χ1n) is 7.98. The molecule has 0 radical (unpaired) electrons. The molecule has 2 N–H and O–H groups in total. The lowest BCUT2D eigenvalue weighted by molar-refractivity contribution is 0.00541. The van der Waals surface area contributed by atoms with Gasteiger partial charge in [-0.3, -0.25) is 4.99 Å². The molecule has 0 bridgehead atoms. The van der Waals surface area contributed by atoms with Crippen LogP contribution in [0.25, 0.3) is 0 Å². The highest BCUT2D eigenvalue weighted by molar-refractivity contribution is 5.78. The monoisotopic (exact) mass is 324 g/mol. The highest BCUT2D eigenvalue weighted by atomic mass is 19.3. The average molecular weight is 324 g/mol. The number of piperazine rings is 1. The Morgan fingerprint density at radius 3 is 2.57 bits per heavy atom. The lowest BCUT2D eigenvalue weighted by atomic mass is 10.1. The van der Waals surface area contributed by atoms with E-state index in [4.69, 9.17) is 5.73 Å². The summed E-state index contributed by atoms with van der Waals surface area (Å²) in [6, 6.07) is 1.79. The summed E-state index contributed by atoms with van der Waals surface area (Å²) < 4.78 is 26.3. The second-order valence-electron chi connectivity index (χ2n) is 6.19. The minimum Gasteiger partial charge on any atom is -0.370 e. The molecule has 1 unspecified atom stereocenters. The number of anilines is 1. The summed E-state index contributed by atoms with van der Waals surface area (Å²) >= 11 is 0. The van der Waals surface area contributed by atoms with Gasteiger partial charge in [-0.15, -0.1) is 0 Å². The molecule has 1 aromatic rings. The molecule has 0 spiro atoms. The summed E-state index contributed by atoms with van der Waals surface area (Å²) in [6.45, 7) is 3.38. The summed E-state index contributed by atoms with van der Waals surface area (Å²) in [6.07, 6.45) is 3.89. The maximum absolute atomic E-state index is 13.2. The minimum atomic E-state index is -2.52. The number of rotatable bonds is 3. The summed E-state index contributed by atoms with van der Waals surface area (Å²) in [5.74, 6) is -1.40. The van der Waals surface area contributed by atoms with E-state index in [-0.39, 0.29) is 18.8 Å². The van der Waals surface area contributed by atoms with Gasteiger partial charge in [0, 0.05) is 58.0 Å². The van der Waals surface area contributed by atoms with Crippen LogP contribution in [0.4, 0.5) is 14.7 Å². The number of nitrogens with two attached hydrogens (primary N) is 1. The molecule has 2 aliphatic rings. The van der Waals surface area contributed by atoms with Crippen LogP contribution in [0.15, 0.2) is 23.5 Å². The third-order valence-corrected chi connectivity index (χ3v) is 4.46. The topological polar surface area (TPSA) is 70.6 Å².